The highest BCUT2D eigenvalue weighted by Crippen LogP contribution is 2.33. The summed E-state index contributed by atoms with van der Waals surface area (Å²) in [5.41, 5.74) is -0.375. The Labute approximate surface area is 142 Å². The molecule has 0 atom stereocenters. The molecule has 1 fully saturated rings. The minimum absolute atomic E-state index is 0.0987. The van der Waals surface area contributed by atoms with Crippen molar-refractivity contribution in [2.24, 2.45) is 0 Å². The van der Waals surface area contributed by atoms with Gasteiger partial charge in [-0.1, -0.05) is 12.8 Å². The SMILES string of the molecule is CC(C)S(=O)(=O)c1ccc(C(=O)NC2(CC(=O)O)CCCC2)cc1. The van der Waals surface area contributed by atoms with Crippen LogP contribution in [0.15, 0.2) is 29.2 Å². The van der Waals surface area contributed by atoms with Crippen molar-refractivity contribution in [3.63, 3.8) is 0 Å². The summed E-state index contributed by atoms with van der Waals surface area (Å²) in [6.07, 6.45) is 2.96. The van der Waals surface area contributed by atoms with Gasteiger partial charge in [0.15, 0.2) is 9.84 Å². The molecule has 0 unspecified atom stereocenters. The van der Waals surface area contributed by atoms with Crippen LogP contribution in [-0.2, 0) is 14.6 Å². The maximum Gasteiger partial charge on any atom is 0.305 e. The monoisotopic (exact) mass is 353 g/mol. The number of carboxylic acid groups (broad SMARTS) is 1. The number of amides is 1. The average Bonchev–Trinajstić information content (AvgIpc) is 2.94. The number of carbonyl (C=O) groups excluding carboxylic acids is 1. The van der Waals surface area contributed by atoms with Crippen LogP contribution in [0.2, 0.25) is 0 Å². The van der Waals surface area contributed by atoms with Crippen LogP contribution >= 0.6 is 0 Å². The van der Waals surface area contributed by atoms with E-state index in [2.05, 4.69) is 5.32 Å². The number of carbonyl (C=O) groups is 2. The number of hydrogen-bond donors (Lipinski definition) is 2. The van der Waals surface area contributed by atoms with Gasteiger partial charge in [-0.3, -0.25) is 9.59 Å². The molecular weight excluding hydrogens is 330 g/mol. The molecular formula is C17H23NO5S. The average molecular weight is 353 g/mol. The van der Waals surface area contributed by atoms with Gasteiger partial charge in [-0.15, -0.1) is 0 Å². The molecule has 1 amide bonds. The van der Waals surface area contributed by atoms with Crippen molar-refractivity contribution in [3.8, 4) is 0 Å². The second kappa shape index (κ2) is 6.93. The molecule has 6 nitrogen and oxygen atoms in total. The van der Waals surface area contributed by atoms with Crippen molar-refractivity contribution in [1.82, 2.24) is 5.32 Å². The first-order valence-electron chi connectivity index (χ1n) is 8.05. The van der Waals surface area contributed by atoms with Crippen LogP contribution in [-0.4, -0.2) is 36.2 Å². The molecule has 0 aliphatic heterocycles. The molecule has 0 heterocycles. The van der Waals surface area contributed by atoms with Crippen molar-refractivity contribution in [1.29, 1.82) is 0 Å². The molecule has 0 radical (unpaired) electrons. The molecule has 2 rings (SSSR count). The second-order valence-corrected chi connectivity index (χ2v) is 9.13. The number of rotatable bonds is 6. The minimum Gasteiger partial charge on any atom is -0.481 e. The lowest BCUT2D eigenvalue weighted by Gasteiger charge is -2.28. The van der Waals surface area contributed by atoms with Gasteiger partial charge in [0, 0.05) is 5.56 Å². The molecule has 0 bridgehead atoms. The number of sulfone groups is 1. The standard InChI is InChI=1S/C17H23NO5S/c1-12(2)24(22,23)14-7-5-13(6-8-14)16(21)18-17(11-15(19)20)9-3-4-10-17/h5-8,12H,3-4,9-11H2,1-2H3,(H,18,21)(H,19,20). The Balaban J connectivity index is 2.17. The van der Waals surface area contributed by atoms with E-state index in [0.29, 0.717) is 18.4 Å². The Bertz CT molecular complexity index is 716. The van der Waals surface area contributed by atoms with Crippen LogP contribution in [0, 0.1) is 0 Å². The molecule has 0 spiro atoms. The molecule has 24 heavy (non-hydrogen) atoms. The van der Waals surface area contributed by atoms with E-state index in [9.17, 15) is 18.0 Å². The zero-order chi connectivity index (χ0) is 18.0. The van der Waals surface area contributed by atoms with Crippen LogP contribution < -0.4 is 5.32 Å². The fraction of sp³-hybridized carbons (Fsp3) is 0.529. The van der Waals surface area contributed by atoms with E-state index in [0.717, 1.165) is 12.8 Å². The Hall–Kier alpha value is -1.89. The summed E-state index contributed by atoms with van der Waals surface area (Å²) in [6.45, 7) is 3.21. The summed E-state index contributed by atoms with van der Waals surface area (Å²) in [7, 11) is -3.38. The Morgan fingerprint density at radius 2 is 1.71 bits per heavy atom. The summed E-state index contributed by atoms with van der Waals surface area (Å²) < 4.78 is 24.2. The first kappa shape index (κ1) is 18.4. The molecule has 2 N–H and O–H groups in total. The maximum atomic E-state index is 12.4. The Morgan fingerprint density at radius 1 is 1.17 bits per heavy atom. The lowest BCUT2D eigenvalue weighted by molar-refractivity contribution is -0.138. The topological polar surface area (TPSA) is 101 Å². The summed E-state index contributed by atoms with van der Waals surface area (Å²) in [6, 6.07) is 5.77. The van der Waals surface area contributed by atoms with Crippen molar-refractivity contribution < 1.29 is 23.1 Å². The number of nitrogens with one attached hydrogen (secondary N) is 1. The van der Waals surface area contributed by atoms with Gasteiger partial charge in [-0.2, -0.15) is 0 Å². The Kier molecular flexibility index (Phi) is 5.32. The smallest absolute Gasteiger partial charge is 0.305 e. The third-order valence-corrected chi connectivity index (χ3v) is 6.67. The lowest BCUT2D eigenvalue weighted by atomic mass is 9.92. The van der Waals surface area contributed by atoms with Crippen molar-refractivity contribution in [3.05, 3.63) is 29.8 Å². The van der Waals surface area contributed by atoms with Crippen LogP contribution in [0.25, 0.3) is 0 Å². The third kappa shape index (κ3) is 3.95. The molecule has 132 valence electrons. The van der Waals surface area contributed by atoms with Crippen LogP contribution in [0.4, 0.5) is 0 Å². The third-order valence-electron chi connectivity index (χ3n) is 4.49. The fourth-order valence-electron chi connectivity index (χ4n) is 3.07. The van der Waals surface area contributed by atoms with E-state index in [1.54, 1.807) is 13.8 Å². The summed E-state index contributed by atoms with van der Waals surface area (Å²) in [5.74, 6) is -1.30. The summed E-state index contributed by atoms with van der Waals surface area (Å²) >= 11 is 0. The van der Waals surface area contributed by atoms with Crippen molar-refractivity contribution in [2.45, 2.75) is 61.6 Å². The second-order valence-electron chi connectivity index (χ2n) is 6.63. The van der Waals surface area contributed by atoms with Gasteiger partial charge < -0.3 is 10.4 Å². The quantitative estimate of drug-likeness (QED) is 0.818. The lowest BCUT2D eigenvalue weighted by Crippen LogP contribution is -2.47. The van der Waals surface area contributed by atoms with E-state index < -0.39 is 26.6 Å². The first-order chi connectivity index (χ1) is 11.2. The van der Waals surface area contributed by atoms with E-state index >= 15 is 0 Å². The molecule has 1 aromatic rings. The van der Waals surface area contributed by atoms with Gasteiger partial charge in [-0.25, -0.2) is 8.42 Å². The predicted octanol–water partition coefficient (Wildman–Crippen LogP) is 2.39. The van der Waals surface area contributed by atoms with Crippen molar-refractivity contribution in [2.75, 3.05) is 0 Å². The van der Waals surface area contributed by atoms with Crippen molar-refractivity contribution >= 4 is 21.7 Å². The maximum absolute atomic E-state index is 12.4. The highest BCUT2D eigenvalue weighted by Gasteiger charge is 2.37. The molecule has 1 aliphatic carbocycles. The molecule has 1 aliphatic rings. The van der Waals surface area contributed by atoms with Gasteiger partial charge in [0.2, 0.25) is 0 Å². The number of aliphatic carboxylic acids is 1. The van der Waals surface area contributed by atoms with Gasteiger partial charge in [0.25, 0.3) is 5.91 Å². The normalized spacial score (nSPS) is 17.0. The molecule has 7 heteroatoms. The number of benzene rings is 1. The highest BCUT2D eigenvalue weighted by molar-refractivity contribution is 7.92. The zero-order valence-electron chi connectivity index (χ0n) is 13.9. The van der Waals surface area contributed by atoms with Gasteiger partial charge in [0.05, 0.1) is 22.1 Å². The minimum atomic E-state index is -3.38. The summed E-state index contributed by atoms with van der Waals surface area (Å²) in [4.78, 5) is 23.7. The van der Waals surface area contributed by atoms with E-state index in [4.69, 9.17) is 5.11 Å². The number of hydrogen-bond acceptors (Lipinski definition) is 4. The van der Waals surface area contributed by atoms with Crippen LogP contribution in [0.5, 0.6) is 0 Å². The van der Waals surface area contributed by atoms with E-state index in [1.165, 1.54) is 24.3 Å². The van der Waals surface area contributed by atoms with E-state index in [1.807, 2.05) is 0 Å². The molecule has 1 aromatic carbocycles. The van der Waals surface area contributed by atoms with Gasteiger partial charge >= 0.3 is 5.97 Å². The fourth-order valence-corrected chi connectivity index (χ4v) is 4.13. The zero-order valence-corrected chi connectivity index (χ0v) is 14.7. The summed E-state index contributed by atoms with van der Waals surface area (Å²) in [5, 5.41) is 11.4. The van der Waals surface area contributed by atoms with E-state index in [-0.39, 0.29) is 17.2 Å². The van der Waals surface area contributed by atoms with Crippen LogP contribution in [0.3, 0.4) is 0 Å². The molecule has 0 saturated heterocycles. The Morgan fingerprint density at radius 3 is 2.17 bits per heavy atom. The largest absolute Gasteiger partial charge is 0.481 e. The van der Waals surface area contributed by atoms with Gasteiger partial charge in [0.1, 0.15) is 0 Å². The van der Waals surface area contributed by atoms with Gasteiger partial charge in [-0.05, 0) is 51.0 Å². The predicted molar refractivity (Wildman–Crippen MR) is 89.7 cm³/mol. The number of carboxylic acids is 1. The highest BCUT2D eigenvalue weighted by atomic mass is 32.2. The molecule has 1 saturated carbocycles. The first-order valence-corrected chi connectivity index (χ1v) is 9.59. The molecule has 0 aromatic heterocycles. The van der Waals surface area contributed by atoms with Crippen LogP contribution in [0.1, 0.15) is 56.3 Å².